The molecule has 80 valence electrons. The lowest BCUT2D eigenvalue weighted by Gasteiger charge is -2.11. The summed E-state index contributed by atoms with van der Waals surface area (Å²) in [6, 6.07) is 6.50. The van der Waals surface area contributed by atoms with Crippen molar-refractivity contribution in [2.75, 3.05) is 0 Å². The molecule has 1 nitrogen and oxygen atoms in total. The first kappa shape index (κ1) is 10.4. The number of hydrogen-bond donors (Lipinski definition) is 0. The van der Waals surface area contributed by atoms with Crippen molar-refractivity contribution in [2.45, 2.75) is 33.1 Å². The first-order valence-electron chi connectivity index (χ1n) is 5.72. The molecular weight excluding hydrogens is 184 g/mol. The first-order valence-corrected chi connectivity index (χ1v) is 5.72. The fourth-order valence-corrected chi connectivity index (χ4v) is 2.12. The second kappa shape index (κ2) is 4.18. The summed E-state index contributed by atoms with van der Waals surface area (Å²) in [6.07, 6.45) is 4.57. The Morgan fingerprint density at radius 2 is 2.13 bits per heavy atom. The molecule has 1 atom stereocenters. The Hall–Kier alpha value is -1.11. The molecule has 0 aliphatic heterocycles. The van der Waals surface area contributed by atoms with Crippen molar-refractivity contribution in [3.63, 3.8) is 0 Å². The number of aryl methyl sites for hydroxylation is 2. The van der Waals surface area contributed by atoms with E-state index in [-0.39, 0.29) is 5.92 Å². The number of hydrogen-bond acceptors (Lipinski definition) is 1. The second-order valence-corrected chi connectivity index (χ2v) is 4.77. The Bertz CT molecular complexity index is 364. The van der Waals surface area contributed by atoms with Crippen LogP contribution in [-0.4, -0.2) is 6.29 Å². The largest absolute Gasteiger partial charge is 0.303 e. The Morgan fingerprint density at radius 3 is 2.73 bits per heavy atom. The summed E-state index contributed by atoms with van der Waals surface area (Å²) in [5.41, 5.74) is 3.95. The van der Waals surface area contributed by atoms with Crippen LogP contribution in [0.2, 0.25) is 0 Å². The van der Waals surface area contributed by atoms with E-state index in [0.29, 0.717) is 5.92 Å². The maximum Gasteiger partial charge on any atom is 0.123 e. The van der Waals surface area contributed by atoms with Crippen LogP contribution in [0.15, 0.2) is 18.2 Å². The minimum absolute atomic E-state index is 0.255. The van der Waals surface area contributed by atoms with E-state index in [9.17, 15) is 4.79 Å². The zero-order chi connectivity index (χ0) is 10.8. The van der Waals surface area contributed by atoms with Gasteiger partial charge in [-0.2, -0.15) is 0 Å². The SMILES string of the molecule is Cc1ccc(C)c(CC(C=O)C2CC2)c1. The van der Waals surface area contributed by atoms with E-state index >= 15 is 0 Å². The van der Waals surface area contributed by atoms with E-state index in [0.717, 1.165) is 12.7 Å². The summed E-state index contributed by atoms with van der Waals surface area (Å²) in [4.78, 5) is 11.0. The van der Waals surface area contributed by atoms with Crippen molar-refractivity contribution in [1.29, 1.82) is 0 Å². The highest BCUT2D eigenvalue weighted by Gasteiger charge is 2.30. The molecule has 1 heteroatoms. The van der Waals surface area contributed by atoms with Gasteiger partial charge in [0.2, 0.25) is 0 Å². The van der Waals surface area contributed by atoms with Gasteiger partial charge >= 0.3 is 0 Å². The van der Waals surface area contributed by atoms with Gasteiger partial charge < -0.3 is 4.79 Å². The smallest absolute Gasteiger partial charge is 0.123 e. The van der Waals surface area contributed by atoms with Crippen molar-refractivity contribution in [3.05, 3.63) is 34.9 Å². The van der Waals surface area contributed by atoms with Crippen LogP contribution in [0.4, 0.5) is 0 Å². The maximum atomic E-state index is 11.0. The van der Waals surface area contributed by atoms with Crippen LogP contribution in [0.25, 0.3) is 0 Å². The number of rotatable bonds is 4. The van der Waals surface area contributed by atoms with Crippen molar-refractivity contribution in [1.82, 2.24) is 0 Å². The van der Waals surface area contributed by atoms with E-state index in [4.69, 9.17) is 0 Å². The molecular formula is C14H18O. The van der Waals surface area contributed by atoms with Crippen molar-refractivity contribution < 1.29 is 4.79 Å². The summed E-state index contributed by atoms with van der Waals surface area (Å²) in [6.45, 7) is 4.24. The van der Waals surface area contributed by atoms with E-state index < -0.39 is 0 Å². The van der Waals surface area contributed by atoms with Gasteiger partial charge in [-0.1, -0.05) is 23.8 Å². The average Bonchev–Trinajstić information content (AvgIpc) is 3.03. The van der Waals surface area contributed by atoms with Crippen LogP contribution in [0, 0.1) is 25.7 Å². The van der Waals surface area contributed by atoms with Gasteiger partial charge in [-0.25, -0.2) is 0 Å². The fourth-order valence-electron chi connectivity index (χ4n) is 2.12. The standard InChI is InChI=1S/C14H18O/c1-10-3-4-11(2)13(7-10)8-14(9-15)12-5-6-12/h3-4,7,9,12,14H,5-6,8H2,1-2H3. The van der Waals surface area contributed by atoms with Crippen LogP contribution in [0.5, 0.6) is 0 Å². The molecule has 0 bridgehead atoms. The average molecular weight is 202 g/mol. The Morgan fingerprint density at radius 1 is 1.40 bits per heavy atom. The molecule has 0 spiro atoms. The molecule has 1 fully saturated rings. The van der Waals surface area contributed by atoms with Gasteiger partial charge in [0.15, 0.2) is 0 Å². The highest BCUT2D eigenvalue weighted by molar-refractivity contribution is 5.56. The lowest BCUT2D eigenvalue weighted by Crippen LogP contribution is -2.09. The maximum absolute atomic E-state index is 11.0. The van der Waals surface area contributed by atoms with Crippen LogP contribution in [0.1, 0.15) is 29.5 Å². The van der Waals surface area contributed by atoms with Gasteiger partial charge in [-0.05, 0) is 50.2 Å². The summed E-state index contributed by atoms with van der Waals surface area (Å²) >= 11 is 0. The number of benzene rings is 1. The molecule has 1 aromatic carbocycles. The molecule has 1 aromatic rings. The highest BCUT2D eigenvalue weighted by Crippen LogP contribution is 2.37. The molecule has 0 amide bonds. The molecule has 0 aromatic heterocycles. The van der Waals surface area contributed by atoms with E-state index in [1.807, 2.05) is 0 Å². The van der Waals surface area contributed by atoms with Crippen molar-refractivity contribution >= 4 is 6.29 Å². The Labute approximate surface area is 91.5 Å². The van der Waals surface area contributed by atoms with Crippen molar-refractivity contribution in [2.24, 2.45) is 11.8 Å². The number of carbonyl (C=O) groups excluding carboxylic acids is 1. The molecule has 0 radical (unpaired) electrons. The van der Waals surface area contributed by atoms with Crippen LogP contribution >= 0.6 is 0 Å². The molecule has 1 unspecified atom stereocenters. The third-order valence-electron chi connectivity index (χ3n) is 3.36. The summed E-state index contributed by atoms with van der Waals surface area (Å²) in [5.74, 6) is 0.924. The van der Waals surface area contributed by atoms with E-state index in [2.05, 4.69) is 32.0 Å². The second-order valence-electron chi connectivity index (χ2n) is 4.77. The zero-order valence-corrected chi connectivity index (χ0v) is 9.49. The zero-order valence-electron chi connectivity index (χ0n) is 9.49. The molecule has 0 N–H and O–H groups in total. The predicted octanol–water partition coefficient (Wildman–Crippen LogP) is 3.07. The molecule has 1 aliphatic rings. The summed E-state index contributed by atoms with van der Waals surface area (Å²) < 4.78 is 0. The molecule has 15 heavy (non-hydrogen) atoms. The Kier molecular flexibility index (Phi) is 2.90. The van der Waals surface area contributed by atoms with E-state index in [1.165, 1.54) is 29.5 Å². The van der Waals surface area contributed by atoms with Gasteiger partial charge in [-0.15, -0.1) is 0 Å². The van der Waals surface area contributed by atoms with Crippen LogP contribution in [0.3, 0.4) is 0 Å². The Balaban J connectivity index is 2.14. The van der Waals surface area contributed by atoms with Gasteiger partial charge in [0, 0.05) is 5.92 Å². The highest BCUT2D eigenvalue weighted by atomic mass is 16.1. The third kappa shape index (κ3) is 2.47. The molecule has 1 saturated carbocycles. The minimum Gasteiger partial charge on any atom is -0.303 e. The summed E-state index contributed by atoms with van der Waals surface area (Å²) in [7, 11) is 0. The molecule has 0 saturated heterocycles. The first-order chi connectivity index (χ1) is 7.20. The molecule has 2 rings (SSSR count). The quantitative estimate of drug-likeness (QED) is 0.686. The van der Waals surface area contributed by atoms with Gasteiger partial charge in [0.05, 0.1) is 0 Å². The normalized spacial score (nSPS) is 17.5. The lowest BCUT2D eigenvalue weighted by molar-refractivity contribution is -0.111. The molecule has 0 heterocycles. The van der Waals surface area contributed by atoms with Gasteiger partial charge in [0.1, 0.15) is 6.29 Å². The third-order valence-corrected chi connectivity index (χ3v) is 3.36. The number of aldehydes is 1. The lowest BCUT2D eigenvalue weighted by atomic mass is 9.92. The minimum atomic E-state index is 0.255. The topological polar surface area (TPSA) is 17.1 Å². The fraction of sp³-hybridized carbons (Fsp3) is 0.500. The van der Waals surface area contributed by atoms with Crippen molar-refractivity contribution in [3.8, 4) is 0 Å². The van der Waals surface area contributed by atoms with Gasteiger partial charge in [0.25, 0.3) is 0 Å². The monoisotopic (exact) mass is 202 g/mol. The summed E-state index contributed by atoms with van der Waals surface area (Å²) in [5, 5.41) is 0. The van der Waals surface area contributed by atoms with E-state index in [1.54, 1.807) is 0 Å². The molecule has 1 aliphatic carbocycles. The van der Waals surface area contributed by atoms with Crippen LogP contribution in [-0.2, 0) is 11.2 Å². The predicted molar refractivity (Wildman–Crippen MR) is 61.9 cm³/mol. The van der Waals surface area contributed by atoms with Crippen LogP contribution < -0.4 is 0 Å². The number of carbonyl (C=O) groups is 1. The van der Waals surface area contributed by atoms with Gasteiger partial charge in [-0.3, -0.25) is 0 Å².